The van der Waals surface area contributed by atoms with Gasteiger partial charge in [-0.3, -0.25) is 14.5 Å². The lowest BCUT2D eigenvalue weighted by atomic mass is 10.2. The Hall–Kier alpha value is -1.61. The first-order valence-corrected chi connectivity index (χ1v) is 4.72. The standard InChI is InChI=1S/C11H10ClNO2/c1-2-8-13(11(12)15)10(14)9-6-4-3-5-7-9/h2-7H,1,8H2. The van der Waals surface area contributed by atoms with Crippen molar-refractivity contribution >= 4 is 22.9 Å². The van der Waals surface area contributed by atoms with E-state index in [0.29, 0.717) is 5.56 Å². The zero-order valence-corrected chi connectivity index (χ0v) is 8.78. The highest BCUT2D eigenvalue weighted by Crippen LogP contribution is 2.07. The Morgan fingerprint density at radius 2 is 1.93 bits per heavy atom. The molecular weight excluding hydrogens is 214 g/mol. The highest BCUT2D eigenvalue weighted by Gasteiger charge is 2.19. The number of hydrogen-bond acceptors (Lipinski definition) is 2. The quantitative estimate of drug-likeness (QED) is 0.449. The van der Waals surface area contributed by atoms with Gasteiger partial charge in [-0.2, -0.15) is 0 Å². The van der Waals surface area contributed by atoms with Crippen molar-refractivity contribution < 1.29 is 9.59 Å². The molecule has 2 amide bonds. The number of carbonyl (C=O) groups is 2. The van der Waals surface area contributed by atoms with Gasteiger partial charge in [0.15, 0.2) is 0 Å². The monoisotopic (exact) mass is 223 g/mol. The largest absolute Gasteiger partial charge is 0.323 e. The predicted molar refractivity (Wildman–Crippen MR) is 58.9 cm³/mol. The van der Waals surface area contributed by atoms with Crippen molar-refractivity contribution in [2.75, 3.05) is 6.54 Å². The Kier molecular flexibility index (Phi) is 4.06. The molecule has 1 rings (SSSR count). The van der Waals surface area contributed by atoms with Crippen molar-refractivity contribution in [2.24, 2.45) is 0 Å². The number of carbonyl (C=O) groups excluding carboxylic acids is 2. The molecule has 0 aliphatic rings. The van der Waals surface area contributed by atoms with Crippen LogP contribution in [0.4, 0.5) is 4.79 Å². The van der Waals surface area contributed by atoms with Gasteiger partial charge < -0.3 is 0 Å². The lowest BCUT2D eigenvalue weighted by molar-refractivity contribution is 0.0832. The SMILES string of the molecule is C=CCN(C(=O)Cl)C(=O)c1ccccc1. The summed E-state index contributed by atoms with van der Waals surface area (Å²) >= 11 is 5.29. The molecule has 0 spiro atoms. The van der Waals surface area contributed by atoms with E-state index >= 15 is 0 Å². The molecule has 0 bridgehead atoms. The molecule has 0 N–H and O–H groups in total. The van der Waals surface area contributed by atoms with Gasteiger partial charge in [-0.1, -0.05) is 24.3 Å². The topological polar surface area (TPSA) is 37.4 Å². The summed E-state index contributed by atoms with van der Waals surface area (Å²) in [6.45, 7) is 3.56. The number of imide groups is 1. The molecule has 4 heteroatoms. The molecular formula is C11H10ClNO2. The van der Waals surface area contributed by atoms with Gasteiger partial charge in [0.1, 0.15) is 0 Å². The van der Waals surface area contributed by atoms with Crippen LogP contribution in [0.1, 0.15) is 10.4 Å². The Bertz CT molecular complexity index is 375. The van der Waals surface area contributed by atoms with Gasteiger partial charge >= 0.3 is 5.37 Å². The van der Waals surface area contributed by atoms with Crippen LogP contribution < -0.4 is 0 Å². The Labute approximate surface area is 93.0 Å². The van der Waals surface area contributed by atoms with E-state index in [9.17, 15) is 9.59 Å². The van der Waals surface area contributed by atoms with E-state index in [-0.39, 0.29) is 6.54 Å². The number of rotatable bonds is 3. The van der Waals surface area contributed by atoms with Gasteiger partial charge in [-0.05, 0) is 23.7 Å². The number of benzene rings is 1. The van der Waals surface area contributed by atoms with Crippen molar-refractivity contribution in [3.05, 3.63) is 48.6 Å². The molecule has 0 atom stereocenters. The van der Waals surface area contributed by atoms with E-state index < -0.39 is 11.3 Å². The highest BCUT2D eigenvalue weighted by molar-refractivity contribution is 6.64. The van der Waals surface area contributed by atoms with Gasteiger partial charge in [-0.15, -0.1) is 6.58 Å². The summed E-state index contributed by atoms with van der Waals surface area (Å²) in [5, 5.41) is -0.802. The first-order valence-electron chi connectivity index (χ1n) is 4.34. The lowest BCUT2D eigenvalue weighted by Gasteiger charge is -2.15. The Morgan fingerprint density at radius 3 is 2.40 bits per heavy atom. The number of nitrogens with zero attached hydrogens (tertiary/aromatic N) is 1. The van der Waals surface area contributed by atoms with Gasteiger partial charge in [0.25, 0.3) is 5.91 Å². The van der Waals surface area contributed by atoms with E-state index in [0.717, 1.165) is 4.90 Å². The van der Waals surface area contributed by atoms with Crippen LogP contribution in [0.5, 0.6) is 0 Å². The first kappa shape index (κ1) is 11.5. The molecule has 0 radical (unpaired) electrons. The van der Waals surface area contributed by atoms with Crippen LogP contribution in [0.25, 0.3) is 0 Å². The van der Waals surface area contributed by atoms with Crippen LogP contribution in [0, 0.1) is 0 Å². The maximum Gasteiger partial charge on any atom is 0.323 e. The lowest BCUT2D eigenvalue weighted by Crippen LogP contribution is -2.33. The summed E-state index contributed by atoms with van der Waals surface area (Å²) in [5.41, 5.74) is 0.424. The van der Waals surface area contributed by atoms with Crippen LogP contribution in [0.3, 0.4) is 0 Å². The predicted octanol–water partition coefficient (Wildman–Crippen LogP) is 2.67. The molecule has 0 saturated carbocycles. The second-order valence-electron chi connectivity index (χ2n) is 2.82. The molecule has 78 valence electrons. The van der Waals surface area contributed by atoms with E-state index in [2.05, 4.69) is 6.58 Å². The smallest absolute Gasteiger partial charge is 0.269 e. The van der Waals surface area contributed by atoms with Crippen molar-refractivity contribution in [3.8, 4) is 0 Å². The van der Waals surface area contributed by atoms with Crippen LogP contribution in [-0.4, -0.2) is 22.7 Å². The van der Waals surface area contributed by atoms with Crippen LogP contribution in [-0.2, 0) is 0 Å². The third kappa shape index (κ3) is 2.92. The fourth-order valence-electron chi connectivity index (χ4n) is 1.10. The average molecular weight is 224 g/mol. The minimum Gasteiger partial charge on any atom is -0.269 e. The maximum atomic E-state index is 11.7. The molecule has 1 aromatic rings. The van der Waals surface area contributed by atoms with Crippen LogP contribution in [0.15, 0.2) is 43.0 Å². The number of hydrogen-bond donors (Lipinski definition) is 0. The Balaban J connectivity index is 2.91. The number of halogens is 1. The van der Waals surface area contributed by atoms with Gasteiger partial charge in [0, 0.05) is 12.1 Å². The van der Waals surface area contributed by atoms with Crippen molar-refractivity contribution in [1.29, 1.82) is 0 Å². The minimum absolute atomic E-state index is 0.107. The van der Waals surface area contributed by atoms with Crippen molar-refractivity contribution in [3.63, 3.8) is 0 Å². The Morgan fingerprint density at radius 1 is 1.33 bits per heavy atom. The molecule has 0 aliphatic carbocycles. The van der Waals surface area contributed by atoms with Crippen LogP contribution in [0.2, 0.25) is 0 Å². The molecule has 1 aromatic carbocycles. The van der Waals surface area contributed by atoms with E-state index in [1.54, 1.807) is 30.3 Å². The van der Waals surface area contributed by atoms with Gasteiger partial charge in [-0.25, -0.2) is 0 Å². The van der Waals surface area contributed by atoms with Crippen molar-refractivity contribution in [2.45, 2.75) is 0 Å². The minimum atomic E-state index is -0.802. The second kappa shape index (κ2) is 5.32. The van der Waals surface area contributed by atoms with Gasteiger partial charge in [0.2, 0.25) is 0 Å². The van der Waals surface area contributed by atoms with Crippen LogP contribution >= 0.6 is 11.6 Å². The zero-order chi connectivity index (χ0) is 11.3. The summed E-state index contributed by atoms with van der Waals surface area (Å²) in [5.74, 6) is -0.421. The van der Waals surface area contributed by atoms with Gasteiger partial charge in [0.05, 0.1) is 0 Å². The fraction of sp³-hybridized carbons (Fsp3) is 0.0909. The molecule has 0 unspecified atom stereocenters. The molecule has 15 heavy (non-hydrogen) atoms. The molecule has 0 fully saturated rings. The molecule has 0 aliphatic heterocycles. The maximum absolute atomic E-state index is 11.7. The zero-order valence-electron chi connectivity index (χ0n) is 8.02. The van der Waals surface area contributed by atoms with E-state index in [1.807, 2.05) is 0 Å². The summed E-state index contributed by atoms with van der Waals surface area (Å²) in [6, 6.07) is 8.48. The highest BCUT2D eigenvalue weighted by atomic mass is 35.5. The van der Waals surface area contributed by atoms with Crippen molar-refractivity contribution in [1.82, 2.24) is 4.90 Å². The number of amides is 2. The van der Waals surface area contributed by atoms with E-state index in [4.69, 9.17) is 11.6 Å². The van der Waals surface area contributed by atoms with E-state index in [1.165, 1.54) is 6.08 Å². The third-order valence-corrected chi connectivity index (χ3v) is 1.99. The molecule has 3 nitrogen and oxygen atoms in total. The second-order valence-corrected chi connectivity index (χ2v) is 3.15. The third-order valence-electron chi connectivity index (χ3n) is 1.79. The average Bonchev–Trinajstić information content (AvgIpc) is 2.26. The summed E-state index contributed by atoms with van der Waals surface area (Å²) in [7, 11) is 0. The summed E-state index contributed by atoms with van der Waals surface area (Å²) in [6.07, 6.45) is 1.45. The fourth-order valence-corrected chi connectivity index (χ4v) is 1.25. The first-order chi connectivity index (χ1) is 7.16. The normalized spacial score (nSPS) is 9.40. The molecule has 0 aromatic heterocycles. The summed E-state index contributed by atoms with van der Waals surface area (Å²) in [4.78, 5) is 23.6. The molecule has 0 saturated heterocycles. The summed E-state index contributed by atoms with van der Waals surface area (Å²) < 4.78 is 0. The molecule has 0 heterocycles.